The minimum absolute atomic E-state index is 0. The van der Waals surface area contributed by atoms with Crippen molar-refractivity contribution < 1.29 is 68.6 Å². The molecule has 21 valence electrons. The van der Waals surface area contributed by atoms with Gasteiger partial charge in [-0.2, -0.15) is 0 Å². The largest absolute Gasteiger partial charge is 2.00 e. The van der Waals surface area contributed by atoms with Gasteiger partial charge in [0.15, 0.2) is 0 Å². The third-order valence-electron chi connectivity index (χ3n) is 0. The monoisotopic (exact) mass is 152 g/mol. The Kier molecular flexibility index (Phi) is 191. The van der Waals surface area contributed by atoms with Gasteiger partial charge in [0, 0.05) is 0 Å². The quantitative estimate of drug-likeness (QED) is 0.329. The molecule has 0 heterocycles. The van der Waals surface area contributed by atoms with Gasteiger partial charge in [0.2, 0.25) is 0 Å². The molecule has 0 fully saturated rings. The number of hydrogen-bond donors (Lipinski definition) is 0. The zero-order chi connectivity index (χ0) is 0. The van der Waals surface area contributed by atoms with Gasteiger partial charge in [0.25, 0.3) is 0 Å². The molecule has 1 radical (unpaired) electrons. The molecule has 0 bridgehead atoms. The Labute approximate surface area is 67.9 Å². The third kappa shape index (κ3) is 9.02. The fourth-order valence-electron chi connectivity index (χ4n) is 0. The van der Waals surface area contributed by atoms with Crippen molar-refractivity contribution in [3.63, 3.8) is 0 Å². The Morgan fingerprint density at radius 2 is 1.00 bits per heavy atom. The molecule has 0 rings (SSSR count). The maximum atomic E-state index is 0. The summed E-state index contributed by atoms with van der Waals surface area (Å²) in [5.41, 5.74) is 0. The molecule has 0 saturated carbocycles. The van der Waals surface area contributed by atoms with Gasteiger partial charge in [0.05, 0.1) is 0 Å². The Bertz CT molecular complexity index is 8.00. The molecule has 0 aromatic heterocycles. The fraction of sp³-hybridized carbons (Fsp3) is 0. The van der Waals surface area contributed by atoms with E-state index in [-0.39, 0.29) is 68.6 Å². The van der Waals surface area contributed by atoms with Crippen LogP contribution in [0.5, 0.6) is 0 Å². The SMILES string of the molecule is [Mn+2].[Na+].[Ni+2].[O-2]. The normalized spacial score (nSPS) is 0. The predicted molar refractivity (Wildman–Crippen MR) is 0.686 cm³/mol. The van der Waals surface area contributed by atoms with Crippen molar-refractivity contribution in [1.82, 2.24) is 0 Å². The second-order valence-corrected chi connectivity index (χ2v) is 0. The third-order valence-corrected chi connectivity index (χ3v) is 0. The zero-order valence-corrected chi connectivity index (χ0v) is 6.27. The number of hydrogen-bond acceptors (Lipinski definition) is 0. The Balaban J connectivity index is 0. The molecule has 0 unspecified atom stereocenters. The Morgan fingerprint density at radius 1 is 1.00 bits per heavy atom. The van der Waals surface area contributed by atoms with Crippen LogP contribution in [0.3, 0.4) is 0 Å². The van der Waals surface area contributed by atoms with Crippen LogP contribution < -0.4 is 29.6 Å². The van der Waals surface area contributed by atoms with Crippen molar-refractivity contribution in [2.75, 3.05) is 0 Å². The average molecular weight is 153 g/mol. The average Bonchev–Trinajstić information content (AvgIpc) is 0. The maximum Gasteiger partial charge on any atom is 2.00 e. The van der Waals surface area contributed by atoms with Gasteiger partial charge >= 0.3 is 63.1 Å². The molecule has 4 heteroatoms. The molecule has 0 aromatic rings. The summed E-state index contributed by atoms with van der Waals surface area (Å²) >= 11 is 0. The van der Waals surface area contributed by atoms with Crippen molar-refractivity contribution in [2.45, 2.75) is 0 Å². The summed E-state index contributed by atoms with van der Waals surface area (Å²) in [4.78, 5) is 0. The minimum atomic E-state index is 0. The summed E-state index contributed by atoms with van der Waals surface area (Å²) in [6.07, 6.45) is 0. The van der Waals surface area contributed by atoms with E-state index >= 15 is 0 Å². The van der Waals surface area contributed by atoms with Crippen LogP contribution in [0.2, 0.25) is 0 Å². The molecular formula is MnNaNiO+3. The molecule has 0 atom stereocenters. The topological polar surface area (TPSA) is 28.5 Å². The van der Waals surface area contributed by atoms with E-state index in [2.05, 4.69) is 0 Å². The van der Waals surface area contributed by atoms with Crippen LogP contribution in [0.1, 0.15) is 0 Å². The smallest absolute Gasteiger partial charge is 2.00 e. The fourth-order valence-corrected chi connectivity index (χ4v) is 0. The van der Waals surface area contributed by atoms with Gasteiger partial charge in [-0.05, 0) is 0 Å². The molecule has 0 aliphatic heterocycles. The van der Waals surface area contributed by atoms with Crippen LogP contribution in [-0.4, -0.2) is 0 Å². The Morgan fingerprint density at radius 3 is 1.00 bits per heavy atom. The first-order valence-corrected chi connectivity index (χ1v) is 0. The van der Waals surface area contributed by atoms with Gasteiger partial charge < -0.3 is 5.48 Å². The second kappa shape index (κ2) is 20.2. The first-order chi connectivity index (χ1) is 0. The van der Waals surface area contributed by atoms with Gasteiger partial charge in [-0.15, -0.1) is 0 Å². The van der Waals surface area contributed by atoms with E-state index in [0.29, 0.717) is 0 Å². The van der Waals surface area contributed by atoms with Gasteiger partial charge in [0.1, 0.15) is 0 Å². The minimum Gasteiger partial charge on any atom is -2.00 e. The summed E-state index contributed by atoms with van der Waals surface area (Å²) in [5, 5.41) is 0. The molecule has 0 aromatic carbocycles. The Hall–Kier alpha value is 1.97. The molecular weight excluding hydrogens is 153 g/mol. The van der Waals surface area contributed by atoms with Crippen molar-refractivity contribution in [3.8, 4) is 0 Å². The van der Waals surface area contributed by atoms with E-state index in [1.54, 1.807) is 0 Å². The molecule has 0 N–H and O–H groups in total. The van der Waals surface area contributed by atoms with E-state index in [4.69, 9.17) is 0 Å². The summed E-state index contributed by atoms with van der Waals surface area (Å²) in [6.45, 7) is 0. The van der Waals surface area contributed by atoms with Crippen molar-refractivity contribution >= 4 is 0 Å². The first kappa shape index (κ1) is 37.9. The molecule has 4 heavy (non-hydrogen) atoms. The predicted octanol–water partition coefficient (Wildman–Crippen LogP) is -3.12. The first-order valence-electron chi connectivity index (χ1n) is 0. The van der Waals surface area contributed by atoms with Crippen LogP contribution in [0.15, 0.2) is 0 Å². The summed E-state index contributed by atoms with van der Waals surface area (Å²) < 4.78 is 0. The maximum absolute atomic E-state index is 0. The van der Waals surface area contributed by atoms with Crippen molar-refractivity contribution in [3.05, 3.63) is 0 Å². The molecule has 0 aliphatic rings. The van der Waals surface area contributed by atoms with E-state index in [9.17, 15) is 0 Å². The van der Waals surface area contributed by atoms with E-state index in [0.717, 1.165) is 0 Å². The second-order valence-electron chi connectivity index (χ2n) is 0. The van der Waals surface area contributed by atoms with Crippen molar-refractivity contribution in [1.29, 1.82) is 0 Å². The van der Waals surface area contributed by atoms with Crippen molar-refractivity contribution in [2.24, 2.45) is 0 Å². The van der Waals surface area contributed by atoms with Crippen LogP contribution in [0.25, 0.3) is 0 Å². The summed E-state index contributed by atoms with van der Waals surface area (Å²) in [6, 6.07) is 0. The molecule has 0 spiro atoms. The number of rotatable bonds is 0. The van der Waals surface area contributed by atoms with Gasteiger partial charge in [-0.1, -0.05) is 0 Å². The molecule has 0 aliphatic carbocycles. The van der Waals surface area contributed by atoms with Gasteiger partial charge in [-0.25, -0.2) is 0 Å². The van der Waals surface area contributed by atoms with Crippen LogP contribution in [0.4, 0.5) is 0 Å². The van der Waals surface area contributed by atoms with Crippen LogP contribution in [0, 0.1) is 0 Å². The molecule has 1 nitrogen and oxygen atoms in total. The molecule has 0 saturated heterocycles. The zero-order valence-electron chi connectivity index (χ0n) is 2.10. The standard InChI is InChI=1S/Mn.Na.Ni.O/q+2;+1;+2;-2. The van der Waals surface area contributed by atoms with E-state index in [1.165, 1.54) is 0 Å². The van der Waals surface area contributed by atoms with E-state index in [1.807, 2.05) is 0 Å². The van der Waals surface area contributed by atoms with Gasteiger partial charge in [-0.3, -0.25) is 0 Å². The van der Waals surface area contributed by atoms with E-state index < -0.39 is 0 Å². The summed E-state index contributed by atoms with van der Waals surface area (Å²) in [5.74, 6) is 0. The van der Waals surface area contributed by atoms with Crippen LogP contribution >= 0.6 is 0 Å². The molecule has 0 amide bonds. The summed E-state index contributed by atoms with van der Waals surface area (Å²) in [7, 11) is 0. The van der Waals surface area contributed by atoms with Crippen LogP contribution in [-0.2, 0) is 39.0 Å².